The predicted octanol–water partition coefficient (Wildman–Crippen LogP) is 3.39. The summed E-state index contributed by atoms with van der Waals surface area (Å²) in [5.41, 5.74) is 3.87. The van der Waals surface area contributed by atoms with Crippen molar-refractivity contribution >= 4 is 21.8 Å². The zero-order valence-corrected chi connectivity index (χ0v) is 12.5. The van der Waals surface area contributed by atoms with E-state index in [0.717, 1.165) is 21.2 Å². The maximum absolute atomic E-state index is 12.1. The Morgan fingerprint density at radius 3 is 2.79 bits per heavy atom. The number of pyridine rings is 1. The number of nitrogens with one attached hydrogen (secondary N) is 1. The topological polar surface area (TPSA) is 42.0 Å². The highest BCUT2D eigenvalue weighted by Gasteiger charge is 2.07. The van der Waals surface area contributed by atoms with Gasteiger partial charge in [0.1, 0.15) is 0 Å². The van der Waals surface area contributed by atoms with E-state index >= 15 is 0 Å². The van der Waals surface area contributed by atoms with Crippen LogP contribution in [0.5, 0.6) is 0 Å². The van der Waals surface area contributed by atoms with Crippen LogP contribution in [0.15, 0.2) is 41.1 Å². The normalized spacial score (nSPS) is 10.3. The highest BCUT2D eigenvalue weighted by molar-refractivity contribution is 9.10. The fourth-order valence-electron chi connectivity index (χ4n) is 1.83. The van der Waals surface area contributed by atoms with Crippen LogP contribution in [0.3, 0.4) is 0 Å². The third kappa shape index (κ3) is 3.64. The van der Waals surface area contributed by atoms with Crippen LogP contribution in [-0.4, -0.2) is 10.9 Å². The van der Waals surface area contributed by atoms with E-state index in [0.29, 0.717) is 12.1 Å². The van der Waals surface area contributed by atoms with Gasteiger partial charge in [-0.05, 0) is 54.8 Å². The molecule has 0 aliphatic rings. The maximum atomic E-state index is 12.1. The standard InChI is InChI=1S/C15H15BrN2O/c1-10-5-12(7-14(16)6-10)15(19)18-9-13-8-17-4-3-11(13)2/h3-8H,9H2,1-2H3,(H,18,19). The number of carbonyl (C=O) groups is 1. The molecule has 1 heterocycles. The van der Waals surface area contributed by atoms with Crippen molar-refractivity contribution in [1.29, 1.82) is 0 Å². The van der Waals surface area contributed by atoms with Crippen LogP contribution >= 0.6 is 15.9 Å². The minimum atomic E-state index is -0.0762. The van der Waals surface area contributed by atoms with Crippen molar-refractivity contribution in [2.45, 2.75) is 20.4 Å². The third-order valence-electron chi connectivity index (χ3n) is 2.89. The molecule has 0 radical (unpaired) electrons. The molecule has 0 fully saturated rings. The molecule has 4 heteroatoms. The summed E-state index contributed by atoms with van der Waals surface area (Å²) in [4.78, 5) is 16.1. The number of aryl methyl sites for hydroxylation is 2. The van der Waals surface area contributed by atoms with E-state index in [1.807, 2.05) is 38.1 Å². The van der Waals surface area contributed by atoms with E-state index in [1.54, 1.807) is 12.4 Å². The van der Waals surface area contributed by atoms with E-state index < -0.39 is 0 Å². The van der Waals surface area contributed by atoms with Crippen LogP contribution in [-0.2, 0) is 6.54 Å². The smallest absolute Gasteiger partial charge is 0.251 e. The molecule has 0 aliphatic heterocycles. The number of hydrogen-bond acceptors (Lipinski definition) is 2. The summed E-state index contributed by atoms with van der Waals surface area (Å²) in [6.07, 6.45) is 3.53. The van der Waals surface area contributed by atoms with Gasteiger partial charge in [0, 0.05) is 29.0 Å². The van der Waals surface area contributed by atoms with Crippen molar-refractivity contribution in [3.05, 3.63) is 63.4 Å². The van der Waals surface area contributed by atoms with Crippen molar-refractivity contribution in [3.63, 3.8) is 0 Å². The van der Waals surface area contributed by atoms with Crippen molar-refractivity contribution in [2.75, 3.05) is 0 Å². The van der Waals surface area contributed by atoms with Gasteiger partial charge in [-0.2, -0.15) is 0 Å². The molecule has 3 nitrogen and oxygen atoms in total. The fraction of sp³-hybridized carbons (Fsp3) is 0.200. The molecule has 1 amide bonds. The van der Waals surface area contributed by atoms with E-state index in [9.17, 15) is 4.79 Å². The number of nitrogens with zero attached hydrogens (tertiary/aromatic N) is 1. The number of halogens is 1. The summed E-state index contributed by atoms with van der Waals surface area (Å²) in [5, 5.41) is 2.91. The Morgan fingerprint density at radius 2 is 2.11 bits per heavy atom. The number of carbonyl (C=O) groups excluding carboxylic acids is 1. The monoisotopic (exact) mass is 318 g/mol. The molecule has 0 unspecified atom stereocenters. The molecule has 0 atom stereocenters. The summed E-state index contributed by atoms with van der Waals surface area (Å²) < 4.78 is 0.912. The first-order valence-corrected chi connectivity index (χ1v) is 6.80. The van der Waals surface area contributed by atoms with Gasteiger partial charge in [-0.15, -0.1) is 0 Å². The van der Waals surface area contributed by atoms with Gasteiger partial charge >= 0.3 is 0 Å². The molecule has 0 bridgehead atoms. The third-order valence-corrected chi connectivity index (χ3v) is 3.35. The molecule has 1 N–H and O–H groups in total. The molecule has 2 aromatic rings. The molecule has 1 aromatic carbocycles. The lowest BCUT2D eigenvalue weighted by atomic mass is 10.1. The van der Waals surface area contributed by atoms with Crippen LogP contribution in [0.4, 0.5) is 0 Å². The van der Waals surface area contributed by atoms with Crippen molar-refractivity contribution < 1.29 is 4.79 Å². The summed E-state index contributed by atoms with van der Waals surface area (Å²) >= 11 is 3.40. The molecule has 98 valence electrons. The number of rotatable bonds is 3. The summed E-state index contributed by atoms with van der Waals surface area (Å²) in [5.74, 6) is -0.0762. The number of aromatic nitrogens is 1. The highest BCUT2D eigenvalue weighted by Crippen LogP contribution is 2.15. The maximum Gasteiger partial charge on any atom is 0.251 e. The minimum absolute atomic E-state index is 0.0762. The second-order valence-corrected chi connectivity index (χ2v) is 5.42. The second-order valence-electron chi connectivity index (χ2n) is 4.50. The van der Waals surface area contributed by atoms with Crippen LogP contribution < -0.4 is 5.32 Å². The van der Waals surface area contributed by atoms with Gasteiger partial charge in [0.15, 0.2) is 0 Å². The number of benzene rings is 1. The molecular weight excluding hydrogens is 304 g/mol. The Labute approximate surface area is 121 Å². The van der Waals surface area contributed by atoms with Crippen molar-refractivity contribution in [1.82, 2.24) is 10.3 Å². The lowest BCUT2D eigenvalue weighted by Crippen LogP contribution is -2.23. The molecule has 0 saturated heterocycles. The summed E-state index contributed by atoms with van der Waals surface area (Å²) in [6, 6.07) is 7.60. The Bertz CT molecular complexity index is 591. The molecule has 0 saturated carbocycles. The van der Waals surface area contributed by atoms with Gasteiger partial charge in [-0.3, -0.25) is 9.78 Å². The van der Waals surface area contributed by atoms with Crippen molar-refractivity contribution in [2.24, 2.45) is 0 Å². The molecule has 0 aliphatic carbocycles. The minimum Gasteiger partial charge on any atom is -0.348 e. The molecular formula is C15H15BrN2O. The highest BCUT2D eigenvalue weighted by atomic mass is 79.9. The zero-order valence-electron chi connectivity index (χ0n) is 10.9. The lowest BCUT2D eigenvalue weighted by molar-refractivity contribution is 0.0950. The first kappa shape index (κ1) is 13.7. The predicted molar refractivity (Wildman–Crippen MR) is 79.0 cm³/mol. The summed E-state index contributed by atoms with van der Waals surface area (Å²) in [6.45, 7) is 4.46. The zero-order chi connectivity index (χ0) is 13.8. The molecule has 1 aromatic heterocycles. The van der Waals surface area contributed by atoms with E-state index in [2.05, 4.69) is 26.2 Å². The Morgan fingerprint density at radius 1 is 1.32 bits per heavy atom. The average Bonchev–Trinajstić information content (AvgIpc) is 2.36. The van der Waals surface area contributed by atoms with Gasteiger partial charge < -0.3 is 5.32 Å². The Hall–Kier alpha value is -1.68. The van der Waals surface area contributed by atoms with Gasteiger partial charge in [0.2, 0.25) is 0 Å². The van der Waals surface area contributed by atoms with Gasteiger partial charge in [0.05, 0.1) is 0 Å². The van der Waals surface area contributed by atoms with E-state index in [-0.39, 0.29) is 5.91 Å². The summed E-state index contributed by atoms with van der Waals surface area (Å²) in [7, 11) is 0. The van der Waals surface area contributed by atoms with Gasteiger partial charge in [-0.25, -0.2) is 0 Å². The largest absolute Gasteiger partial charge is 0.348 e. The first-order chi connectivity index (χ1) is 9.06. The quantitative estimate of drug-likeness (QED) is 0.942. The second kappa shape index (κ2) is 5.97. The Kier molecular flexibility index (Phi) is 4.32. The number of amides is 1. The van der Waals surface area contributed by atoms with Crippen molar-refractivity contribution in [3.8, 4) is 0 Å². The van der Waals surface area contributed by atoms with E-state index in [4.69, 9.17) is 0 Å². The fourth-order valence-corrected chi connectivity index (χ4v) is 2.43. The first-order valence-electron chi connectivity index (χ1n) is 6.01. The SMILES string of the molecule is Cc1cc(Br)cc(C(=O)NCc2cnccc2C)c1. The van der Waals surface area contributed by atoms with E-state index in [1.165, 1.54) is 0 Å². The van der Waals surface area contributed by atoms with Crippen LogP contribution in [0.2, 0.25) is 0 Å². The number of hydrogen-bond donors (Lipinski definition) is 1. The van der Waals surface area contributed by atoms with Crippen LogP contribution in [0.25, 0.3) is 0 Å². The molecule has 0 spiro atoms. The average molecular weight is 319 g/mol. The van der Waals surface area contributed by atoms with Gasteiger partial charge in [0.25, 0.3) is 5.91 Å². The van der Waals surface area contributed by atoms with Crippen LogP contribution in [0, 0.1) is 13.8 Å². The van der Waals surface area contributed by atoms with Gasteiger partial charge in [-0.1, -0.05) is 15.9 Å². The van der Waals surface area contributed by atoms with Crippen LogP contribution in [0.1, 0.15) is 27.0 Å². The molecule has 19 heavy (non-hydrogen) atoms. The lowest BCUT2D eigenvalue weighted by Gasteiger charge is -2.08. The Balaban J connectivity index is 2.08. The molecule has 2 rings (SSSR count).